The summed E-state index contributed by atoms with van der Waals surface area (Å²) in [6.07, 6.45) is 2.92. The first-order valence-electron chi connectivity index (χ1n) is 9.11. The van der Waals surface area contributed by atoms with E-state index in [2.05, 4.69) is 20.3 Å². The van der Waals surface area contributed by atoms with Gasteiger partial charge in [-0.3, -0.25) is 4.79 Å². The highest BCUT2D eigenvalue weighted by molar-refractivity contribution is 7.98. The third kappa shape index (κ3) is 5.29. The van der Waals surface area contributed by atoms with E-state index < -0.39 is 0 Å². The number of thioether (sulfide) groups is 1. The number of nitrogens with two attached hydrogens (primary N) is 1. The van der Waals surface area contributed by atoms with Gasteiger partial charge in [-0.05, 0) is 12.8 Å². The van der Waals surface area contributed by atoms with Gasteiger partial charge in [0.05, 0.1) is 18.4 Å². The fourth-order valence-corrected chi connectivity index (χ4v) is 3.57. The lowest BCUT2D eigenvalue weighted by atomic mass is 9.96. The van der Waals surface area contributed by atoms with Crippen molar-refractivity contribution in [1.82, 2.24) is 24.9 Å². The number of rotatable bonds is 8. The summed E-state index contributed by atoms with van der Waals surface area (Å²) in [6, 6.07) is 0. The molecule has 3 rings (SSSR count). The number of hydrogen-bond donors (Lipinski definition) is 1. The van der Waals surface area contributed by atoms with Crippen molar-refractivity contribution >= 4 is 17.7 Å². The van der Waals surface area contributed by atoms with E-state index in [1.54, 1.807) is 0 Å². The van der Waals surface area contributed by atoms with Gasteiger partial charge >= 0.3 is 0 Å². The van der Waals surface area contributed by atoms with E-state index in [1.807, 2.05) is 25.3 Å². The molecule has 1 saturated heterocycles. The molecule has 1 fully saturated rings. The fourth-order valence-electron chi connectivity index (χ4n) is 2.77. The molecule has 1 amide bonds. The zero-order valence-corrected chi connectivity index (χ0v) is 16.8. The van der Waals surface area contributed by atoms with Crippen LogP contribution in [0.2, 0.25) is 0 Å². The smallest absolute Gasteiger partial charge is 0.237 e. The molecule has 1 unspecified atom stereocenters. The van der Waals surface area contributed by atoms with Gasteiger partial charge in [0.25, 0.3) is 0 Å². The Morgan fingerprint density at radius 2 is 2.19 bits per heavy atom. The molecular weight excluding hydrogens is 368 g/mol. The second kappa shape index (κ2) is 8.39. The van der Waals surface area contributed by atoms with Gasteiger partial charge in [-0.25, -0.2) is 0 Å². The van der Waals surface area contributed by atoms with Gasteiger partial charge in [-0.1, -0.05) is 37.7 Å². The van der Waals surface area contributed by atoms with Gasteiger partial charge in [0, 0.05) is 24.9 Å². The number of carbonyl (C=O) groups is 1. The van der Waals surface area contributed by atoms with Crippen LogP contribution < -0.4 is 5.73 Å². The summed E-state index contributed by atoms with van der Waals surface area (Å²) >= 11 is 1.48. The van der Waals surface area contributed by atoms with Crippen molar-refractivity contribution < 1.29 is 14.1 Å². The van der Waals surface area contributed by atoms with Gasteiger partial charge in [0.2, 0.25) is 11.8 Å². The molecule has 3 heterocycles. The first-order valence-corrected chi connectivity index (χ1v) is 10.1. The first kappa shape index (κ1) is 19.8. The summed E-state index contributed by atoms with van der Waals surface area (Å²) in [5, 5.41) is 13.3. The highest BCUT2D eigenvalue weighted by Gasteiger charge is 2.23. The number of hydrogen-bond acceptors (Lipinski definition) is 8. The summed E-state index contributed by atoms with van der Waals surface area (Å²) in [6.45, 7) is 7.57. The molecule has 2 aromatic rings. The van der Waals surface area contributed by atoms with Gasteiger partial charge < -0.3 is 19.6 Å². The van der Waals surface area contributed by atoms with E-state index in [9.17, 15) is 4.79 Å². The normalized spacial score (nSPS) is 17.5. The minimum atomic E-state index is -0.351. The Bertz CT molecular complexity index is 776. The molecular formula is C17H26N6O3S. The number of carbonyl (C=O) groups excluding carboxylic acids is 1. The van der Waals surface area contributed by atoms with Crippen LogP contribution in [-0.2, 0) is 33.7 Å². The van der Waals surface area contributed by atoms with E-state index in [0.717, 1.165) is 30.4 Å². The van der Waals surface area contributed by atoms with Crippen LogP contribution >= 0.6 is 11.8 Å². The van der Waals surface area contributed by atoms with E-state index >= 15 is 0 Å². The molecule has 9 nitrogen and oxygen atoms in total. The lowest BCUT2D eigenvalue weighted by Gasteiger charge is -2.14. The molecule has 27 heavy (non-hydrogen) atoms. The molecule has 0 saturated carbocycles. The predicted molar refractivity (Wildman–Crippen MR) is 99.1 cm³/mol. The molecule has 148 valence electrons. The van der Waals surface area contributed by atoms with Crippen LogP contribution in [0.4, 0.5) is 0 Å². The predicted octanol–water partition coefficient (Wildman–Crippen LogP) is 1.85. The van der Waals surface area contributed by atoms with Crippen LogP contribution in [0.15, 0.2) is 9.68 Å². The van der Waals surface area contributed by atoms with Crippen molar-refractivity contribution in [3.8, 4) is 0 Å². The zero-order valence-electron chi connectivity index (χ0n) is 16.0. The van der Waals surface area contributed by atoms with Crippen molar-refractivity contribution in [2.75, 3.05) is 6.61 Å². The third-order valence-corrected chi connectivity index (χ3v) is 5.21. The Labute approximate surface area is 162 Å². The molecule has 1 aliphatic heterocycles. The van der Waals surface area contributed by atoms with Gasteiger partial charge in [0.15, 0.2) is 11.0 Å². The molecule has 2 aromatic heterocycles. The molecule has 0 bridgehead atoms. The van der Waals surface area contributed by atoms with Crippen molar-refractivity contribution in [1.29, 1.82) is 0 Å². The molecule has 2 N–H and O–H groups in total. The molecule has 0 aliphatic carbocycles. The van der Waals surface area contributed by atoms with E-state index in [1.165, 1.54) is 11.8 Å². The highest BCUT2D eigenvalue weighted by Crippen LogP contribution is 2.26. The summed E-state index contributed by atoms with van der Waals surface area (Å²) in [7, 11) is 0. The number of primary amides is 1. The summed E-state index contributed by atoms with van der Waals surface area (Å²) < 4.78 is 13.1. The average molecular weight is 395 g/mol. The maximum atomic E-state index is 11.1. The van der Waals surface area contributed by atoms with Crippen molar-refractivity contribution in [3.63, 3.8) is 0 Å². The Morgan fingerprint density at radius 1 is 1.37 bits per heavy atom. The standard InChI is InChI=1S/C17H26N6O3S/c1-17(2,3)15-19-14(26-22-15)10-27-16-21-20-13(7-6-12(18)24)23(16)9-11-5-4-8-25-11/h11H,4-10H2,1-3H3,(H2,18,24). The van der Waals surface area contributed by atoms with E-state index in [0.29, 0.717) is 30.4 Å². The van der Waals surface area contributed by atoms with Crippen molar-refractivity contribution in [2.45, 2.75) is 75.4 Å². The number of aryl methyl sites for hydroxylation is 1. The Balaban J connectivity index is 1.71. The van der Waals surface area contributed by atoms with Gasteiger partial charge in [-0.15, -0.1) is 10.2 Å². The molecule has 1 aliphatic rings. The first-order chi connectivity index (χ1) is 12.8. The Morgan fingerprint density at radius 3 is 2.81 bits per heavy atom. The second-order valence-electron chi connectivity index (χ2n) is 7.66. The maximum Gasteiger partial charge on any atom is 0.237 e. The SMILES string of the molecule is CC(C)(C)c1noc(CSc2nnc(CCC(N)=O)n2CC2CCCO2)n1. The molecule has 10 heteroatoms. The van der Waals surface area contributed by atoms with Crippen LogP contribution in [-0.4, -0.2) is 43.5 Å². The van der Waals surface area contributed by atoms with Crippen LogP contribution in [0.1, 0.15) is 57.6 Å². The lowest BCUT2D eigenvalue weighted by Crippen LogP contribution is -2.19. The minimum absolute atomic E-state index is 0.142. The molecule has 1 atom stereocenters. The Hall–Kier alpha value is -1.94. The molecule has 0 spiro atoms. The summed E-state index contributed by atoms with van der Waals surface area (Å²) in [5.41, 5.74) is 5.12. The minimum Gasteiger partial charge on any atom is -0.376 e. The topological polar surface area (TPSA) is 122 Å². The average Bonchev–Trinajstić information content (AvgIpc) is 3.32. The van der Waals surface area contributed by atoms with Gasteiger partial charge in [-0.2, -0.15) is 4.98 Å². The molecule has 0 radical (unpaired) electrons. The van der Waals surface area contributed by atoms with Crippen molar-refractivity contribution in [2.24, 2.45) is 5.73 Å². The summed E-state index contributed by atoms with van der Waals surface area (Å²) in [5.74, 6) is 2.13. The maximum absolute atomic E-state index is 11.1. The number of ether oxygens (including phenoxy) is 1. The largest absolute Gasteiger partial charge is 0.376 e. The quantitative estimate of drug-likeness (QED) is 0.673. The van der Waals surface area contributed by atoms with E-state index in [4.69, 9.17) is 15.0 Å². The number of nitrogens with zero attached hydrogens (tertiary/aromatic N) is 5. The highest BCUT2D eigenvalue weighted by atomic mass is 32.2. The number of aromatic nitrogens is 5. The lowest BCUT2D eigenvalue weighted by molar-refractivity contribution is -0.118. The molecule has 0 aromatic carbocycles. The Kier molecular flexibility index (Phi) is 6.15. The van der Waals surface area contributed by atoms with Crippen LogP contribution in [0.5, 0.6) is 0 Å². The number of amides is 1. The van der Waals surface area contributed by atoms with E-state index in [-0.39, 0.29) is 23.8 Å². The monoisotopic (exact) mass is 394 g/mol. The zero-order chi connectivity index (χ0) is 19.4. The van der Waals surface area contributed by atoms with Crippen LogP contribution in [0.3, 0.4) is 0 Å². The van der Waals surface area contributed by atoms with Crippen LogP contribution in [0.25, 0.3) is 0 Å². The summed E-state index contributed by atoms with van der Waals surface area (Å²) in [4.78, 5) is 15.6. The second-order valence-corrected chi connectivity index (χ2v) is 8.60. The van der Waals surface area contributed by atoms with Crippen molar-refractivity contribution in [3.05, 3.63) is 17.5 Å². The third-order valence-electron chi connectivity index (χ3n) is 4.26. The van der Waals surface area contributed by atoms with Gasteiger partial charge in [0.1, 0.15) is 5.82 Å². The van der Waals surface area contributed by atoms with Crippen LogP contribution in [0, 0.1) is 0 Å². The fraction of sp³-hybridized carbons (Fsp3) is 0.706.